The fourth-order valence-electron chi connectivity index (χ4n) is 2.65. The van der Waals surface area contributed by atoms with Gasteiger partial charge in [0, 0.05) is 17.8 Å². The summed E-state index contributed by atoms with van der Waals surface area (Å²) in [6, 6.07) is 5.52. The average molecular weight is 283 g/mol. The topological polar surface area (TPSA) is 106 Å². The van der Waals surface area contributed by atoms with Crippen LogP contribution in [0, 0.1) is 0 Å². The van der Waals surface area contributed by atoms with E-state index >= 15 is 0 Å². The molecule has 1 amide bonds. The van der Waals surface area contributed by atoms with Crippen LogP contribution in [0.25, 0.3) is 22.4 Å². The predicted octanol–water partition coefficient (Wildman–Crippen LogP) is 0.922. The van der Waals surface area contributed by atoms with E-state index in [1.807, 2.05) is 18.2 Å². The Morgan fingerprint density at radius 3 is 2.81 bits per heavy atom. The number of H-pyrrole nitrogens is 3. The summed E-state index contributed by atoms with van der Waals surface area (Å²) >= 11 is 0. The van der Waals surface area contributed by atoms with Crippen LogP contribution in [0.1, 0.15) is 22.6 Å². The Labute approximate surface area is 118 Å². The molecule has 0 aliphatic carbocycles. The van der Waals surface area contributed by atoms with E-state index < -0.39 is 0 Å². The number of fused-ring (bicyclic) bond motifs is 2. The van der Waals surface area contributed by atoms with Crippen molar-refractivity contribution >= 4 is 16.9 Å². The lowest BCUT2D eigenvalue weighted by atomic mass is 10.2. The van der Waals surface area contributed by atoms with E-state index in [0.717, 1.165) is 29.6 Å². The molecule has 0 unspecified atom stereocenters. The van der Waals surface area contributed by atoms with Gasteiger partial charge in [0.2, 0.25) is 0 Å². The molecular weight excluding hydrogens is 270 g/mol. The molecule has 0 radical (unpaired) electrons. The van der Waals surface area contributed by atoms with Crippen molar-refractivity contribution in [3.63, 3.8) is 0 Å². The number of amides is 1. The van der Waals surface area contributed by atoms with Crippen LogP contribution in [0.2, 0.25) is 0 Å². The fourth-order valence-corrected chi connectivity index (χ4v) is 2.65. The fraction of sp³-hybridized carbons (Fsp3) is 0.214. The molecule has 1 aliphatic heterocycles. The summed E-state index contributed by atoms with van der Waals surface area (Å²) in [6.45, 7) is 0.676. The first-order valence-corrected chi connectivity index (χ1v) is 6.80. The van der Waals surface area contributed by atoms with Gasteiger partial charge in [-0.25, -0.2) is 9.78 Å². The molecule has 0 spiro atoms. The second-order valence-corrected chi connectivity index (χ2v) is 5.11. The monoisotopic (exact) mass is 283 g/mol. The Morgan fingerprint density at radius 1 is 1.05 bits per heavy atom. The number of nitrogens with one attached hydrogen (secondary N) is 4. The van der Waals surface area contributed by atoms with E-state index in [4.69, 9.17) is 0 Å². The third-order valence-corrected chi connectivity index (χ3v) is 3.67. The zero-order chi connectivity index (χ0) is 14.4. The molecule has 21 heavy (non-hydrogen) atoms. The van der Waals surface area contributed by atoms with Gasteiger partial charge in [-0.2, -0.15) is 0 Å². The van der Waals surface area contributed by atoms with Crippen LogP contribution in [0.5, 0.6) is 0 Å². The normalized spacial score (nSPS) is 14.8. The third kappa shape index (κ3) is 1.94. The maximum absolute atomic E-state index is 11.9. The Morgan fingerprint density at radius 2 is 1.90 bits per heavy atom. The molecule has 0 fully saturated rings. The van der Waals surface area contributed by atoms with Crippen molar-refractivity contribution in [2.75, 3.05) is 6.54 Å². The third-order valence-electron chi connectivity index (χ3n) is 3.67. The zero-order valence-corrected chi connectivity index (χ0v) is 11.1. The second kappa shape index (κ2) is 4.34. The summed E-state index contributed by atoms with van der Waals surface area (Å²) in [4.78, 5) is 36.2. The molecule has 0 saturated carbocycles. The van der Waals surface area contributed by atoms with Crippen molar-refractivity contribution < 1.29 is 4.79 Å². The number of carbonyl (C=O) groups excluding carboxylic acids is 1. The van der Waals surface area contributed by atoms with Gasteiger partial charge in [0.25, 0.3) is 5.91 Å². The van der Waals surface area contributed by atoms with Crippen molar-refractivity contribution in [3.8, 4) is 11.4 Å². The number of benzene rings is 1. The number of imidazole rings is 2. The first kappa shape index (κ1) is 12.0. The molecule has 3 heterocycles. The highest BCUT2D eigenvalue weighted by atomic mass is 16.2. The Kier molecular flexibility index (Phi) is 2.47. The molecule has 4 rings (SSSR count). The minimum atomic E-state index is -0.239. The largest absolute Gasteiger partial charge is 0.351 e. The maximum Gasteiger partial charge on any atom is 0.323 e. The van der Waals surface area contributed by atoms with Crippen molar-refractivity contribution in [3.05, 3.63) is 40.1 Å². The van der Waals surface area contributed by atoms with Crippen LogP contribution in [-0.2, 0) is 6.42 Å². The van der Waals surface area contributed by atoms with Gasteiger partial charge >= 0.3 is 5.69 Å². The number of carbonyl (C=O) groups is 1. The van der Waals surface area contributed by atoms with Crippen LogP contribution in [0.15, 0.2) is 23.0 Å². The van der Waals surface area contributed by atoms with Crippen molar-refractivity contribution in [2.24, 2.45) is 0 Å². The van der Waals surface area contributed by atoms with Gasteiger partial charge < -0.3 is 20.3 Å². The molecule has 0 bridgehead atoms. The van der Waals surface area contributed by atoms with E-state index in [-0.39, 0.29) is 11.6 Å². The summed E-state index contributed by atoms with van der Waals surface area (Å²) in [7, 11) is 0. The summed E-state index contributed by atoms with van der Waals surface area (Å²) in [5, 5.41) is 2.82. The molecule has 0 saturated heterocycles. The number of rotatable bonds is 1. The lowest BCUT2D eigenvalue weighted by Crippen LogP contribution is -2.23. The van der Waals surface area contributed by atoms with E-state index in [9.17, 15) is 9.59 Å². The lowest BCUT2D eigenvalue weighted by Gasteiger charge is -1.98. The van der Waals surface area contributed by atoms with Crippen LogP contribution in [-0.4, -0.2) is 32.4 Å². The minimum absolute atomic E-state index is 0.138. The van der Waals surface area contributed by atoms with Gasteiger partial charge in [0.15, 0.2) is 0 Å². The molecule has 106 valence electrons. The quantitative estimate of drug-likeness (QED) is 0.533. The van der Waals surface area contributed by atoms with Gasteiger partial charge in [0.05, 0.1) is 11.0 Å². The first-order chi connectivity index (χ1) is 10.2. The standard InChI is InChI=1S/C14H13N5O2/c20-13-11-9(2-1-5-15-13)16-12(19-11)7-3-4-8-10(6-7)18-14(21)17-8/h3-4,6H,1-2,5H2,(H,15,20)(H,16,19)(H2,17,18,21). The lowest BCUT2D eigenvalue weighted by molar-refractivity contribution is 0.0951. The van der Waals surface area contributed by atoms with E-state index in [2.05, 4.69) is 25.3 Å². The predicted molar refractivity (Wildman–Crippen MR) is 77.2 cm³/mol. The number of nitrogens with zero attached hydrogens (tertiary/aromatic N) is 1. The molecule has 7 nitrogen and oxygen atoms in total. The highest BCUT2D eigenvalue weighted by Crippen LogP contribution is 2.22. The maximum atomic E-state index is 11.9. The van der Waals surface area contributed by atoms with E-state index in [1.165, 1.54) is 0 Å². The van der Waals surface area contributed by atoms with Crippen LogP contribution in [0.4, 0.5) is 0 Å². The molecule has 0 atom stereocenters. The van der Waals surface area contributed by atoms with Crippen LogP contribution < -0.4 is 11.0 Å². The van der Waals surface area contributed by atoms with Crippen molar-refractivity contribution in [1.29, 1.82) is 0 Å². The van der Waals surface area contributed by atoms with Gasteiger partial charge in [-0.1, -0.05) is 0 Å². The Bertz CT molecular complexity index is 902. The smallest absolute Gasteiger partial charge is 0.323 e. The van der Waals surface area contributed by atoms with Gasteiger partial charge in [-0.05, 0) is 31.0 Å². The Hall–Kier alpha value is -2.83. The van der Waals surface area contributed by atoms with Gasteiger partial charge in [-0.3, -0.25) is 4.79 Å². The summed E-state index contributed by atoms with van der Waals surface area (Å²) in [5.41, 5.74) is 3.38. The molecule has 1 aliphatic rings. The zero-order valence-electron chi connectivity index (χ0n) is 11.1. The van der Waals surface area contributed by atoms with Gasteiger partial charge in [-0.15, -0.1) is 0 Å². The highest BCUT2D eigenvalue weighted by molar-refractivity contribution is 5.94. The minimum Gasteiger partial charge on any atom is -0.351 e. The van der Waals surface area contributed by atoms with Crippen LogP contribution >= 0.6 is 0 Å². The summed E-state index contributed by atoms with van der Waals surface area (Å²) in [5.74, 6) is 0.502. The number of hydrogen-bond donors (Lipinski definition) is 4. The summed E-state index contributed by atoms with van der Waals surface area (Å²) < 4.78 is 0. The summed E-state index contributed by atoms with van der Waals surface area (Å²) in [6.07, 6.45) is 1.69. The van der Waals surface area contributed by atoms with E-state index in [1.54, 1.807) is 0 Å². The second-order valence-electron chi connectivity index (χ2n) is 5.11. The highest BCUT2D eigenvalue weighted by Gasteiger charge is 2.20. The van der Waals surface area contributed by atoms with Crippen molar-refractivity contribution in [2.45, 2.75) is 12.8 Å². The SMILES string of the molecule is O=C1NCCCc2[nH]c(-c3ccc4[nH]c(=O)[nH]c4c3)nc21. The number of aryl methyl sites for hydroxylation is 1. The molecular formula is C14H13N5O2. The molecule has 2 aromatic heterocycles. The first-order valence-electron chi connectivity index (χ1n) is 6.80. The Balaban J connectivity index is 1.83. The molecule has 4 N–H and O–H groups in total. The molecule has 7 heteroatoms. The molecule has 1 aromatic carbocycles. The number of aromatic amines is 3. The number of hydrogen-bond acceptors (Lipinski definition) is 3. The van der Waals surface area contributed by atoms with Crippen LogP contribution in [0.3, 0.4) is 0 Å². The van der Waals surface area contributed by atoms with Gasteiger partial charge in [0.1, 0.15) is 11.5 Å². The molecule has 3 aromatic rings. The van der Waals surface area contributed by atoms with Crippen molar-refractivity contribution in [1.82, 2.24) is 25.3 Å². The number of aromatic nitrogens is 4. The van der Waals surface area contributed by atoms with E-state index in [0.29, 0.717) is 23.6 Å². The average Bonchev–Trinajstić information content (AvgIpc) is 3.00.